The first kappa shape index (κ1) is 17.8. The minimum Gasteiger partial charge on any atom is -0.440 e. The Morgan fingerprint density at radius 2 is 2.04 bits per heavy atom. The quantitative estimate of drug-likeness (QED) is 0.713. The van der Waals surface area contributed by atoms with E-state index in [1.54, 1.807) is 0 Å². The molecule has 0 radical (unpaired) electrons. The van der Waals surface area contributed by atoms with Crippen molar-refractivity contribution in [1.82, 2.24) is 5.32 Å². The summed E-state index contributed by atoms with van der Waals surface area (Å²) in [5.74, 6) is 0.950. The number of ether oxygens (including phenoxy) is 1. The first-order valence-electron chi connectivity index (χ1n) is 10.0. The highest BCUT2D eigenvalue weighted by atomic mass is 16.6. The van der Waals surface area contributed by atoms with Crippen LogP contribution in [0.2, 0.25) is 0 Å². The number of rotatable bonds is 1. The van der Waals surface area contributed by atoms with Crippen molar-refractivity contribution in [1.29, 1.82) is 0 Å². The summed E-state index contributed by atoms with van der Waals surface area (Å²) in [6.07, 6.45) is 6.08. The number of carbonyl (C=O) groups excluding carboxylic acids is 2. The van der Waals surface area contributed by atoms with Gasteiger partial charge in [0.1, 0.15) is 11.4 Å². The third-order valence-corrected chi connectivity index (χ3v) is 7.91. The molecule has 1 N–H and O–H groups in total. The third kappa shape index (κ3) is 1.96. The van der Waals surface area contributed by atoms with Crippen molar-refractivity contribution < 1.29 is 14.3 Å². The van der Waals surface area contributed by atoms with E-state index in [1.165, 1.54) is 11.1 Å². The van der Waals surface area contributed by atoms with E-state index in [4.69, 9.17) is 4.74 Å². The summed E-state index contributed by atoms with van der Waals surface area (Å²) < 4.78 is 6.09. The molecule has 1 spiro atoms. The molecule has 3 fully saturated rings. The zero-order valence-electron chi connectivity index (χ0n) is 16.8. The van der Waals surface area contributed by atoms with Gasteiger partial charge in [-0.05, 0) is 45.4 Å². The molecule has 8 atom stereocenters. The fourth-order valence-electron chi connectivity index (χ4n) is 7.35. The van der Waals surface area contributed by atoms with Crippen LogP contribution >= 0.6 is 0 Å². The average Bonchev–Trinajstić information content (AvgIpc) is 2.87. The Kier molecular flexibility index (Phi) is 3.74. The summed E-state index contributed by atoms with van der Waals surface area (Å²) in [4.78, 5) is 26.1. The maximum atomic E-state index is 13.8. The van der Waals surface area contributed by atoms with E-state index in [0.717, 1.165) is 12.8 Å². The summed E-state index contributed by atoms with van der Waals surface area (Å²) in [7, 11) is 0. The average molecular weight is 357 g/mol. The summed E-state index contributed by atoms with van der Waals surface area (Å²) in [6, 6.07) is -0.204. The molecule has 0 aromatic rings. The topological polar surface area (TPSA) is 55.4 Å². The molecule has 3 aliphatic carbocycles. The van der Waals surface area contributed by atoms with E-state index in [1.807, 2.05) is 13.8 Å². The lowest BCUT2D eigenvalue weighted by atomic mass is 9.41. The van der Waals surface area contributed by atoms with E-state index in [2.05, 4.69) is 45.2 Å². The van der Waals surface area contributed by atoms with E-state index in [9.17, 15) is 9.59 Å². The minimum atomic E-state index is -0.565. The predicted octanol–water partition coefficient (Wildman–Crippen LogP) is 4.26. The summed E-state index contributed by atoms with van der Waals surface area (Å²) in [6.45, 7) is 12.7. The predicted molar refractivity (Wildman–Crippen MR) is 100 cm³/mol. The van der Waals surface area contributed by atoms with E-state index >= 15 is 0 Å². The lowest BCUT2D eigenvalue weighted by Gasteiger charge is -2.63. The van der Waals surface area contributed by atoms with E-state index in [0.29, 0.717) is 5.92 Å². The van der Waals surface area contributed by atoms with Crippen molar-refractivity contribution in [3.8, 4) is 0 Å². The van der Waals surface area contributed by atoms with Crippen LogP contribution in [0, 0.1) is 35.0 Å². The Bertz CT molecular complexity index is 738. The molecule has 1 heterocycles. The van der Waals surface area contributed by atoms with Crippen molar-refractivity contribution in [2.45, 2.75) is 66.0 Å². The zero-order chi connectivity index (χ0) is 19.0. The van der Waals surface area contributed by atoms with Crippen LogP contribution in [0.3, 0.4) is 0 Å². The first-order valence-corrected chi connectivity index (χ1v) is 10.0. The van der Waals surface area contributed by atoms with Gasteiger partial charge in [0.15, 0.2) is 0 Å². The van der Waals surface area contributed by atoms with Gasteiger partial charge >= 0.3 is 6.09 Å². The van der Waals surface area contributed by atoms with Crippen LogP contribution in [-0.4, -0.2) is 23.5 Å². The first-order chi connectivity index (χ1) is 12.2. The molecule has 4 heteroatoms. The number of Topliss-reactive ketones (excluding diaryl/α,β-unsaturated/α-hetero) is 1. The van der Waals surface area contributed by atoms with Crippen LogP contribution < -0.4 is 5.32 Å². The van der Waals surface area contributed by atoms with Crippen molar-refractivity contribution in [3.05, 3.63) is 23.3 Å². The molecule has 1 saturated heterocycles. The number of nitrogens with one attached hydrogen (secondary N) is 1. The molecule has 2 saturated carbocycles. The Labute approximate surface area is 156 Å². The van der Waals surface area contributed by atoms with Gasteiger partial charge in [0.2, 0.25) is 0 Å². The van der Waals surface area contributed by atoms with Crippen LogP contribution in [0.1, 0.15) is 54.4 Å². The number of hydrogen-bond acceptors (Lipinski definition) is 3. The van der Waals surface area contributed by atoms with Gasteiger partial charge in [0.05, 0.1) is 6.04 Å². The zero-order valence-corrected chi connectivity index (χ0v) is 16.8. The maximum absolute atomic E-state index is 13.8. The highest BCUT2D eigenvalue weighted by Gasteiger charge is 2.73. The van der Waals surface area contributed by atoms with Gasteiger partial charge in [-0.15, -0.1) is 0 Å². The third-order valence-electron chi connectivity index (χ3n) is 7.91. The largest absolute Gasteiger partial charge is 0.440 e. The van der Waals surface area contributed by atoms with Gasteiger partial charge in [-0.25, -0.2) is 4.79 Å². The van der Waals surface area contributed by atoms with E-state index in [-0.39, 0.29) is 41.6 Å². The van der Waals surface area contributed by atoms with Gasteiger partial charge in [-0.1, -0.05) is 44.1 Å². The molecule has 1 aliphatic heterocycles. The Hall–Kier alpha value is -1.58. The number of amides is 1. The van der Waals surface area contributed by atoms with Crippen molar-refractivity contribution in [2.24, 2.45) is 35.0 Å². The molecule has 4 rings (SSSR count). The van der Waals surface area contributed by atoms with Crippen molar-refractivity contribution in [2.75, 3.05) is 0 Å². The molecule has 1 amide bonds. The SMILES string of the molecule is C/C=C(\C)C1C(C)=CC2CC(C)CC34OC(=O)NC3C(C)C(=O)C1(C)C24. The highest BCUT2D eigenvalue weighted by Crippen LogP contribution is 2.65. The van der Waals surface area contributed by atoms with Gasteiger partial charge in [0, 0.05) is 23.2 Å². The van der Waals surface area contributed by atoms with Gasteiger partial charge in [-0.3, -0.25) is 4.79 Å². The monoisotopic (exact) mass is 357 g/mol. The van der Waals surface area contributed by atoms with E-state index < -0.39 is 11.0 Å². The summed E-state index contributed by atoms with van der Waals surface area (Å²) in [5.41, 5.74) is 1.45. The molecule has 26 heavy (non-hydrogen) atoms. The van der Waals surface area contributed by atoms with Crippen LogP contribution in [-0.2, 0) is 9.53 Å². The molecule has 142 valence electrons. The lowest BCUT2D eigenvalue weighted by Crippen LogP contribution is -2.71. The second-order valence-electron chi connectivity index (χ2n) is 9.47. The number of hydrogen-bond donors (Lipinski definition) is 1. The van der Waals surface area contributed by atoms with Crippen LogP contribution in [0.4, 0.5) is 4.79 Å². The molecule has 8 unspecified atom stereocenters. The van der Waals surface area contributed by atoms with Crippen molar-refractivity contribution in [3.63, 3.8) is 0 Å². The van der Waals surface area contributed by atoms with Gasteiger partial charge < -0.3 is 10.1 Å². The second-order valence-corrected chi connectivity index (χ2v) is 9.47. The van der Waals surface area contributed by atoms with Gasteiger partial charge in [0.25, 0.3) is 0 Å². The lowest BCUT2D eigenvalue weighted by molar-refractivity contribution is -0.185. The maximum Gasteiger partial charge on any atom is 0.408 e. The normalized spacial score (nSPS) is 50.4. The molecular weight excluding hydrogens is 326 g/mol. The number of allylic oxidation sites excluding steroid dienone is 4. The molecule has 0 bridgehead atoms. The minimum absolute atomic E-state index is 0.0439. The number of carbonyl (C=O) groups is 2. The smallest absolute Gasteiger partial charge is 0.408 e. The fourth-order valence-corrected chi connectivity index (χ4v) is 7.35. The van der Waals surface area contributed by atoms with Crippen LogP contribution in [0.5, 0.6) is 0 Å². The standard InChI is InChI=1S/C22H31NO3/c1-7-12(3)16-13(4)9-15-8-11(2)10-22-17(15)21(16,6)19(24)14(5)18(22)23-20(25)26-22/h7,9,11,14-18H,8,10H2,1-6H3,(H,23,25)/b12-7+. The van der Waals surface area contributed by atoms with Crippen LogP contribution in [0.15, 0.2) is 23.3 Å². The Morgan fingerprint density at radius 3 is 2.69 bits per heavy atom. The Morgan fingerprint density at radius 1 is 1.35 bits per heavy atom. The number of ketones is 1. The molecule has 4 nitrogen and oxygen atoms in total. The Balaban J connectivity index is 1.98. The molecule has 0 aromatic heterocycles. The highest BCUT2D eigenvalue weighted by molar-refractivity contribution is 5.92. The summed E-state index contributed by atoms with van der Waals surface area (Å²) >= 11 is 0. The number of alkyl carbamates (subject to hydrolysis) is 1. The molecule has 0 aromatic carbocycles. The fraction of sp³-hybridized carbons (Fsp3) is 0.727. The molecule has 4 aliphatic rings. The van der Waals surface area contributed by atoms with Crippen LogP contribution in [0.25, 0.3) is 0 Å². The van der Waals surface area contributed by atoms with Crippen molar-refractivity contribution >= 4 is 11.9 Å². The van der Waals surface area contributed by atoms with Gasteiger partial charge in [-0.2, -0.15) is 0 Å². The second kappa shape index (κ2) is 5.46. The summed E-state index contributed by atoms with van der Waals surface area (Å²) in [5, 5.41) is 3.00. The molecular formula is C22H31NO3.